The van der Waals surface area contributed by atoms with Gasteiger partial charge in [0.15, 0.2) is 0 Å². The molecule has 6 heteroatoms. The van der Waals surface area contributed by atoms with E-state index in [2.05, 4.69) is 5.32 Å². The smallest absolute Gasteiger partial charge is 0.338 e. The summed E-state index contributed by atoms with van der Waals surface area (Å²) >= 11 is 1.17. The van der Waals surface area contributed by atoms with Crippen molar-refractivity contribution < 1.29 is 19.1 Å². The predicted octanol–water partition coefficient (Wildman–Crippen LogP) is 3.16. The van der Waals surface area contributed by atoms with Crippen LogP contribution in [0.15, 0.2) is 35.7 Å². The molecule has 0 saturated heterocycles. The molecule has 0 saturated carbocycles. The third-order valence-corrected chi connectivity index (χ3v) is 3.53. The molecular formula is C14H12FNO3S. The van der Waals surface area contributed by atoms with Crippen LogP contribution in [0.3, 0.4) is 0 Å². The maximum atomic E-state index is 12.7. The molecule has 0 aliphatic rings. The molecule has 1 aromatic carbocycles. The standard InChI is InChI=1S/C14H12FNO3S/c15-10-4-1-9(2-5-10)3-6-12(17)16-13-11(14(18)19)7-8-20-13/h1-2,4-5,7-8H,3,6H2,(H,16,17)(H,18,19). The van der Waals surface area contributed by atoms with Gasteiger partial charge in [-0.25, -0.2) is 9.18 Å². The van der Waals surface area contributed by atoms with Crippen LogP contribution in [0.25, 0.3) is 0 Å². The zero-order chi connectivity index (χ0) is 14.5. The average molecular weight is 293 g/mol. The highest BCUT2D eigenvalue weighted by molar-refractivity contribution is 7.14. The van der Waals surface area contributed by atoms with E-state index in [-0.39, 0.29) is 23.7 Å². The van der Waals surface area contributed by atoms with Crippen molar-refractivity contribution >= 4 is 28.2 Å². The first kappa shape index (κ1) is 14.2. The number of rotatable bonds is 5. The molecule has 1 heterocycles. The second kappa shape index (κ2) is 6.29. The van der Waals surface area contributed by atoms with Gasteiger partial charge < -0.3 is 10.4 Å². The van der Waals surface area contributed by atoms with E-state index in [4.69, 9.17) is 5.11 Å². The van der Waals surface area contributed by atoms with Crippen LogP contribution in [0, 0.1) is 5.82 Å². The fourth-order valence-electron chi connectivity index (χ4n) is 1.67. The summed E-state index contributed by atoms with van der Waals surface area (Å²) in [7, 11) is 0. The summed E-state index contributed by atoms with van der Waals surface area (Å²) < 4.78 is 12.7. The molecule has 2 rings (SSSR count). The fourth-order valence-corrected chi connectivity index (χ4v) is 2.47. The monoisotopic (exact) mass is 293 g/mol. The van der Waals surface area contributed by atoms with Crippen LogP contribution in [0.1, 0.15) is 22.3 Å². The predicted molar refractivity (Wildman–Crippen MR) is 74.6 cm³/mol. The lowest BCUT2D eigenvalue weighted by Crippen LogP contribution is -2.13. The number of benzene rings is 1. The first-order valence-corrected chi connectivity index (χ1v) is 6.79. The van der Waals surface area contributed by atoms with Gasteiger partial charge >= 0.3 is 5.97 Å². The van der Waals surface area contributed by atoms with Gasteiger partial charge in [0, 0.05) is 6.42 Å². The van der Waals surface area contributed by atoms with Gasteiger partial charge in [0.25, 0.3) is 0 Å². The Bertz CT molecular complexity index is 622. The Hall–Kier alpha value is -2.21. The van der Waals surface area contributed by atoms with Crippen LogP contribution in [0.2, 0.25) is 0 Å². The first-order chi connectivity index (χ1) is 9.56. The van der Waals surface area contributed by atoms with E-state index in [1.807, 2.05) is 0 Å². The molecule has 0 atom stereocenters. The van der Waals surface area contributed by atoms with Crippen molar-refractivity contribution in [2.75, 3.05) is 5.32 Å². The van der Waals surface area contributed by atoms with Crippen LogP contribution in [0.4, 0.5) is 9.39 Å². The van der Waals surface area contributed by atoms with Crippen molar-refractivity contribution in [3.05, 3.63) is 52.7 Å². The molecule has 2 aromatic rings. The van der Waals surface area contributed by atoms with E-state index >= 15 is 0 Å². The number of carbonyl (C=O) groups is 2. The number of carboxylic acids is 1. The number of hydrogen-bond acceptors (Lipinski definition) is 3. The normalized spacial score (nSPS) is 10.2. The van der Waals surface area contributed by atoms with E-state index < -0.39 is 5.97 Å². The van der Waals surface area contributed by atoms with E-state index in [0.717, 1.165) is 5.56 Å². The van der Waals surface area contributed by atoms with E-state index in [1.165, 1.54) is 29.5 Å². The van der Waals surface area contributed by atoms with Crippen LogP contribution in [-0.4, -0.2) is 17.0 Å². The highest BCUT2D eigenvalue weighted by Gasteiger charge is 2.13. The Kier molecular flexibility index (Phi) is 4.47. The van der Waals surface area contributed by atoms with Gasteiger partial charge in [0.1, 0.15) is 10.8 Å². The summed E-state index contributed by atoms with van der Waals surface area (Å²) in [5.74, 6) is -1.65. The van der Waals surface area contributed by atoms with Crippen LogP contribution in [0.5, 0.6) is 0 Å². The number of aryl methyl sites for hydroxylation is 1. The lowest BCUT2D eigenvalue weighted by Gasteiger charge is -2.04. The molecule has 1 aromatic heterocycles. The topological polar surface area (TPSA) is 66.4 Å². The van der Waals surface area contributed by atoms with E-state index in [1.54, 1.807) is 17.5 Å². The molecule has 0 aliphatic carbocycles. The van der Waals surface area contributed by atoms with Gasteiger partial charge in [0.2, 0.25) is 5.91 Å². The third kappa shape index (κ3) is 3.64. The first-order valence-electron chi connectivity index (χ1n) is 5.91. The molecule has 4 nitrogen and oxygen atoms in total. The number of amides is 1. The Morgan fingerprint density at radius 2 is 1.90 bits per heavy atom. The van der Waals surface area contributed by atoms with E-state index in [0.29, 0.717) is 11.4 Å². The number of halogens is 1. The molecule has 20 heavy (non-hydrogen) atoms. The molecule has 0 spiro atoms. The van der Waals surface area contributed by atoms with Gasteiger partial charge in [-0.3, -0.25) is 4.79 Å². The minimum Gasteiger partial charge on any atom is -0.478 e. The Morgan fingerprint density at radius 1 is 1.20 bits per heavy atom. The number of hydrogen-bond donors (Lipinski definition) is 2. The van der Waals surface area contributed by atoms with Crippen molar-refractivity contribution in [2.45, 2.75) is 12.8 Å². The van der Waals surface area contributed by atoms with Crippen molar-refractivity contribution in [1.82, 2.24) is 0 Å². The molecule has 0 aliphatic heterocycles. The van der Waals surface area contributed by atoms with E-state index in [9.17, 15) is 14.0 Å². The molecule has 0 unspecified atom stereocenters. The SMILES string of the molecule is O=C(CCc1ccc(F)cc1)Nc1sccc1C(=O)O. The second-order valence-corrected chi connectivity index (χ2v) is 5.06. The minimum atomic E-state index is -1.07. The largest absolute Gasteiger partial charge is 0.478 e. The number of carboxylic acid groups (broad SMARTS) is 1. The van der Waals surface area contributed by atoms with Gasteiger partial charge in [0.05, 0.1) is 5.56 Å². The van der Waals surface area contributed by atoms with Crippen LogP contribution >= 0.6 is 11.3 Å². The molecule has 104 valence electrons. The highest BCUT2D eigenvalue weighted by Crippen LogP contribution is 2.23. The molecule has 0 radical (unpaired) electrons. The third-order valence-electron chi connectivity index (χ3n) is 2.70. The zero-order valence-corrected chi connectivity index (χ0v) is 11.2. The van der Waals surface area contributed by atoms with Gasteiger partial charge in [-0.05, 0) is 35.6 Å². The molecule has 0 fully saturated rings. The number of carbonyl (C=O) groups excluding carboxylic acids is 1. The zero-order valence-electron chi connectivity index (χ0n) is 10.4. The van der Waals surface area contributed by atoms with Crippen LogP contribution < -0.4 is 5.32 Å². The number of thiophene rings is 1. The maximum Gasteiger partial charge on any atom is 0.338 e. The summed E-state index contributed by atoms with van der Waals surface area (Å²) in [6.45, 7) is 0. The Labute approximate surface area is 118 Å². The Morgan fingerprint density at radius 3 is 2.55 bits per heavy atom. The molecule has 0 bridgehead atoms. The van der Waals surface area contributed by atoms with Crippen molar-refractivity contribution in [1.29, 1.82) is 0 Å². The van der Waals surface area contributed by atoms with Crippen molar-refractivity contribution in [3.8, 4) is 0 Å². The molecule has 2 N–H and O–H groups in total. The summed E-state index contributed by atoms with van der Waals surface area (Å²) in [6.07, 6.45) is 0.683. The number of anilines is 1. The minimum absolute atomic E-state index is 0.0881. The highest BCUT2D eigenvalue weighted by atomic mass is 32.1. The Balaban J connectivity index is 1.91. The fraction of sp³-hybridized carbons (Fsp3) is 0.143. The second-order valence-electron chi connectivity index (χ2n) is 4.14. The van der Waals surface area contributed by atoms with Gasteiger partial charge in [-0.1, -0.05) is 12.1 Å². The van der Waals surface area contributed by atoms with Crippen molar-refractivity contribution in [3.63, 3.8) is 0 Å². The van der Waals surface area contributed by atoms with Crippen molar-refractivity contribution in [2.24, 2.45) is 0 Å². The summed E-state index contributed by atoms with van der Waals surface area (Å²) in [6, 6.07) is 7.37. The molecular weight excluding hydrogens is 281 g/mol. The van der Waals surface area contributed by atoms with Gasteiger partial charge in [-0.2, -0.15) is 0 Å². The lowest BCUT2D eigenvalue weighted by atomic mass is 10.1. The summed E-state index contributed by atoms with van der Waals surface area (Å²) in [4.78, 5) is 22.6. The summed E-state index contributed by atoms with van der Waals surface area (Å²) in [5, 5.41) is 13.4. The van der Waals surface area contributed by atoms with Crippen LogP contribution in [-0.2, 0) is 11.2 Å². The summed E-state index contributed by atoms with van der Waals surface area (Å²) in [5.41, 5.74) is 0.941. The quantitative estimate of drug-likeness (QED) is 0.890. The average Bonchev–Trinajstić information content (AvgIpc) is 2.86. The number of nitrogens with one attached hydrogen (secondary N) is 1. The van der Waals surface area contributed by atoms with Gasteiger partial charge in [-0.15, -0.1) is 11.3 Å². The lowest BCUT2D eigenvalue weighted by molar-refractivity contribution is -0.116. The molecule has 1 amide bonds. The maximum absolute atomic E-state index is 12.7. The number of aromatic carboxylic acids is 1.